The van der Waals surface area contributed by atoms with Crippen LogP contribution in [0, 0.1) is 0 Å². The number of aromatic carboxylic acids is 1. The third-order valence-corrected chi connectivity index (χ3v) is 3.70. The number of nitrogens with zero attached hydrogens (tertiary/aromatic N) is 1. The third-order valence-electron chi connectivity index (χ3n) is 3.70. The first-order valence-corrected chi connectivity index (χ1v) is 7.85. The van der Waals surface area contributed by atoms with Crippen molar-refractivity contribution in [2.75, 3.05) is 6.61 Å². The van der Waals surface area contributed by atoms with Gasteiger partial charge in [0.25, 0.3) is 0 Å². The van der Waals surface area contributed by atoms with Gasteiger partial charge in [-0.15, -0.1) is 0 Å². The number of hydrogen-bond donors (Lipinski definition) is 2. The van der Waals surface area contributed by atoms with Crippen molar-refractivity contribution in [2.24, 2.45) is 0 Å². The molecule has 0 fully saturated rings. The zero-order valence-electron chi connectivity index (χ0n) is 13.6. The summed E-state index contributed by atoms with van der Waals surface area (Å²) in [6, 6.07) is 13.7. The Balaban J connectivity index is 1.99. The topological polar surface area (TPSA) is 79.7 Å². The summed E-state index contributed by atoms with van der Waals surface area (Å²) in [5.74, 6) is -0.505. The van der Waals surface area contributed by atoms with Crippen molar-refractivity contribution in [3.8, 4) is 11.5 Å². The highest BCUT2D eigenvalue weighted by atomic mass is 16.5. The lowest BCUT2D eigenvalue weighted by Gasteiger charge is -2.06. The predicted octanol–water partition coefficient (Wildman–Crippen LogP) is 4.21. The zero-order chi connectivity index (χ0) is 17.8. The summed E-state index contributed by atoms with van der Waals surface area (Å²) >= 11 is 0. The van der Waals surface area contributed by atoms with Gasteiger partial charge < -0.3 is 14.9 Å². The summed E-state index contributed by atoms with van der Waals surface area (Å²) in [4.78, 5) is 16.0. The van der Waals surface area contributed by atoms with Gasteiger partial charge in [0.05, 0.1) is 23.4 Å². The number of phenolic OH excluding ortho intramolecular Hbond substituents is 1. The molecule has 0 spiro atoms. The molecule has 1 heterocycles. The van der Waals surface area contributed by atoms with Gasteiger partial charge in [-0.3, -0.25) is 0 Å². The molecule has 0 bridgehead atoms. The molecule has 0 saturated heterocycles. The van der Waals surface area contributed by atoms with E-state index in [1.54, 1.807) is 54.6 Å². The molecule has 0 atom stereocenters. The minimum atomic E-state index is -0.989. The Labute approximate surface area is 144 Å². The van der Waals surface area contributed by atoms with E-state index in [1.807, 2.05) is 13.0 Å². The van der Waals surface area contributed by atoms with Crippen LogP contribution in [0.3, 0.4) is 0 Å². The van der Waals surface area contributed by atoms with E-state index in [-0.39, 0.29) is 11.3 Å². The van der Waals surface area contributed by atoms with Gasteiger partial charge in [-0.05, 0) is 42.8 Å². The van der Waals surface area contributed by atoms with Crippen LogP contribution in [0.5, 0.6) is 11.5 Å². The summed E-state index contributed by atoms with van der Waals surface area (Å²) in [7, 11) is 0. The van der Waals surface area contributed by atoms with Gasteiger partial charge in [0.2, 0.25) is 0 Å². The number of rotatable bonds is 5. The van der Waals surface area contributed by atoms with Gasteiger partial charge in [-0.25, -0.2) is 9.78 Å². The van der Waals surface area contributed by atoms with Gasteiger partial charge in [-0.1, -0.05) is 30.3 Å². The predicted molar refractivity (Wildman–Crippen MR) is 96.9 cm³/mol. The Morgan fingerprint density at radius 2 is 1.96 bits per heavy atom. The highest BCUT2D eigenvalue weighted by Gasteiger charge is 2.10. The molecule has 0 radical (unpaired) electrons. The fourth-order valence-electron chi connectivity index (χ4n) is 2.55. The highest BCUT2D eigenvalue weighted by Crippen LogP contribution is 2.27. The van der Waals surface area contributed by atoms with Crippen LogP contribution >= 0.6 is 0 Å². The van der Waals surface area contributed by atoms with Gasteiger partial charge >= 0.3 is 5.97 Å². The second-order valence-corrected chi connectivity index (χ2v) is 5.41. The highest BCUT2D eigenvalue weighted by molar-refractivity contribution is 6.03. The molecule has 25 heavy (non-hydrogen) atoms. The molecule has 2 N–H and O–H groups in total. The monoisotopic (exact) mass is 335 g/mol. The molecule has 0 aliphatic heterocycles. The quantitative estimate of drug-likeness (QED) is 0.730. The molecule has 1 aromatic heterocycles. The first kappa shape index (κ1) is 16.5. The van der Waals surface area contributed by atoms with Crippen molar-refractivity contribution in [2.45, 2.75) is 6.92 Å². The molecular formula is C20H17NO4. The van der Waals surface area contributed by atoms with Crippen LogP contribution in [-0.4, -0.2) is 27.8 Å². The van der Waals surface area contributed by atoms with Crippen molar-refractivity contribution in [3.05, 3.63) is 65.4 Å². The standard InChI is InChI=1S/C20H17NO4/c1-2-25-19-11-13(8-10-18(19)22)7-9-14-12-16(20(23)24)15-5-3-4-6-17(15)21-14/h3-12,22H,2H2,1H3,(H,23,24)/b9-7+. The Bertz CT molecular complexity index is 963. The third kappa shape index (κ3) is 3.61. The molecular weight excluding hydrogens is 318 g/mol. The number of para-hydroxylation sites is 1. The van der Waals surface area contributed by atoms with Crippen LogP contribution in [0.2, 0.25) is 0 Å². The second-order valence-electron chi connectivity index (χ2n) is 5.41. The lowest BCUT2D eigenvalue weighted by Crippen LogP contribution is -2.00. The maximum absolute atomic E-state index is 11.5. The van der Waals surface area contributed by atoms with Crippen LogP contribution in [0.4, 0.5) is 0 Å². The molecule has 3 aromatic rings. The summed E-state index contributed by atoms with van der Waals surface area (Å²) < 4.78 is 5.36. The van der Waals surface area contributed by atoms with Crippen LogP contribution in [0.15, 0.2) is 48.5 Å². The van der Waals surface area contributed by atoms with Crippen molar-refractivity contribution in [3.63, 3.8) is 0 Å². The largest absolute Gasteiger partial charge is 0.504 e. The molecule has 126 valence electrons. The van der Waals surface area contributed by atoms with Gasteiger partial charge in [0.1, 0.15) is 0 Å². The van der Waals surface area contributed by atoms with E-state index < -0.39 is 5.97 Å². The number of fused-ring (bicyclic) bond motifs is 1. The van der Waals surface area contributed by atoms with Crippen LogP contribution < -0.4 is 4.74 Å². The normalized spacial score (nSPS) is 11.1. The number of aromatic hydroxyl groups is 1. The van der Waals surface area contributed by atoms with E-state index in [4.69, 9.17) is 4.74 Å². The van der Waals surface area contributed by atoms with Crippen molar-refractivity contribution >= 4 is 29.0 Å². The number of aromatic nitrogens is 1. The van der Waals surface area contributed by atoms with E-state index in [9.17, 15) is 15.0 Å². The average Bonchev–Trinajstić information content (AvgIpc) is 2.61. The Morgan fingerprint density at radius 1 is 1.16 bits per heavy atom. The summed E-state index contributed by atoms with van der Waals surface area (Å²) in [5.41, 5.74) is 2.20. The second kappa shape index (κ2) is 7.05. The lowest BCUT2D eigenvalue weighted by molar-refractivity contribution is 0.0699. The number of carboxylic acid groups (broad SMARTS) is 1. The Kier molecular flexibility index (Phi) is 4.66. The molecule has 5 nitrogen and oxygen atoms in total. The number of pyridine rings is 1. The van der Waals surface area contributed by atoms with Crippen molar-refractivity contribution in [1.82, 2.24) is 4.98 Å². The molecule has 3 rings (SSSR count). The summed E-state index contributed by atoms with van der Waals surface area (Å²) in [6.45, 7) is 2.29. The number of ether oxygens (including phenoxy) is 1. The molecule has 0 unspecified atom stereocenters. The van der Waals surface area contributed by atoms with Crippen molar-refractivity contribution < 1.29 is 19.7 Å². The number of carboxylic acids is 1. The fraction of sp³-hybridized carbons (Fsp3) is 0.100. The minimum Gasteiger partial charge on any atom is -0.504 e. The molecule has 0 aliphatic rings. The molecule has 2 aromatic carbocycles. The van der Waals surface area contributed by atoms with Gasteiger partial charge in [0, 0.05) is 5.39 Å². The first-order chi connectivity index (χ1) is 12.1. The molecule has 5 heteroatoms. The van der Waals surface area contributed by atoms with Gasteiger partial charge in [0.15, 0.2) is 11.5 Å². The summed E-state index contributed by atoms with van der Waals surface area (Å²) in [5, 5.41) is 19.8. The Hall–Kier alpha value is -3.34. The number of benzene rings is 2. The molecule has 0 saturated carbocycles. The number of hydrogen-bond acceptors (Lipinski definition) is 4. The lowest BCUT2D eigenvalue weighted by atomic mass is 10.1. The Morgan fingerprint density at radius 3 is 2.72 bits per heavy atom. The van der Waals surface area contributed by atoms with Gasteiger partial charge in [-0.2, -0.15) is 0 Å². The maximum Gasteiger partial charge on any atom is 0.336 e. The molecule has 0 aliphatic carbocycles. The van der Waals surface area contributed by atoms with Crippen LogP contribution in [0.1, 0.15) is 28.5 Å². The fourth-order valence-corrected chi connectivity index (χ4v) is 2.55. The van der Waals surface area contributed by atoms with E-state index in [2.05, 4.69) is 4.98 Å². The zero-order valence-corrected chi connectivity index (χ0v) is 13.6. The maximum atomic E-state index is 11.5. The smallest absolute Gasteiger partial charge is 0.336 e. The van der Waals surface area contributed by atoms with Crippen LogP contribution in [-0.2, 0) is 0 Å². The number of phenols is 1. The molecule has 0 amide bonds. The first-order valence-electron chi connectivity index (χ1n) is 7.85. The SMILES string of the molecule is CCOc1cc(/C=C/c2cc(C(=O)O)c3ccccc3n2)ccc1O. The van der Waals surface area contributed by atoms with E-state index >= 15 is 0 Å². The summed E-state index contributed by atoms with van der Waals surface area (Å²) in [6.07, 6.45) is 3.53. The van der Waals surface area contributed by atoms with Crippen LogP contribution in [0.25, 0.3) is 23.1 Å². The van der Waals surface area contributed by atoms with E-state index in [1.165, 1.54) is 0 Å². The minimum absolute atomic E-state index is 0.0796. The van der Waals surface area contributed by atoms with E-state index in [0.717, 1.165) is 5.56 Å². The average molecular weight is 335 g/mol. The van der Waals surface area contributed by atoms with E-state index in [0.29, 0.717) is 29.0 Å². The number of carbonyl (C=O) groups is 1. The van der Waals surface area contributed by atoms with Crippen molar-refractivity contribution in [1.29, 1.82) is 0 Å².